The highest BCUT2D eigenvalue weighted by Gasteiger charge is 2.25. The van der Waals surface area contributed by atoms with Gasteiger partial charge in [-0.05, 0) is 30.9 Å². The van der Waals surface area contributed by atoms with Gasteiger partial charge in [-0.3, -0.25) is 9.59 Å². The largest absolute Gasteiger partial charge is 0.506 e. The fourth-order valence-electron chi connectivity index (χ4n) is 2.32. The molecular weight excluding hydrogens is 300 g/mol. The van der Waals surface area contributed by atoms with Gasteiger partial charge >= 0.3 is 0 Å². The molecule has 0 aliphatic heterocycles. The van der Waals surface area contributed by atoms with E-state index in [4.69, 9.17) is 4.84 Å². The number of benzene rings is 1. The third-order valence-electron chi connectivity index (χ3n) is 3.72. The van der Waals surface area contributed by atoms with E-state index in [1.165, 1.54) is 0 Å². The highest BCUT2D eigenvalue weighted by molar-refractivity contribution is 6.02. The number of nitrogens with one attached hydrogen (secondary N) is 1. The zero-order valence-corrected chi connectivity index (χ0v) is 12.3. The summed E-state index contributed by atoms with van der Waals surface area (Å²) in [6, 6.07) is 6.63. The van der Waals surface area contributed by atoms with Crippen LogP contribution in [0.15, 0.2) is 29.1 Å². The molecule has 1 heterocycles. The van der Waals surface area contributed by atoms with Crippen LogP contribution in [0.25, 0.3) is 10.9 Å². The van der Waals surface area contributed by atoms with Gasteiger partial charge in [0.15, 0.2) is 0 Å². The fourth-order valence-corrected chi connectivity index (χ4v) is 2.32. The third kappa shape index (κ3) is 2.90. The van der Waals surface area contributed by atoms with E-state index in [1.807, 2.05) is 0 Å². The van der Waals surface area contributed by atoms with Gasteiger partial charge in [0.25, 0.3) is 11.5 Å². The number of aromatic hydroxyl groups is 1. The van der Waals surface area contributed by atoms with Gasteiger partial charge in [-0.2, -0.15) is 0 Å². The van der Waals surface area contributed by atoms with Crippen molar-refractivity contribution in [3.63, 3.8) is 0 Å². The van der Waals surface area contributed by atoms with Crippen LogP contribution in [-0.4, -0.2) is 35.2 Å². The molecule has 1 aromatic heterocycles. The van der Waals surface area contributed by atoms with Crippen LogP contribution >= 0.6 is 0 Å². The molecule has 0 bridgehead atoms. The molecular formula is C16H16N2O5. The van der Waals surface area contributed by atoms with Crippen LogP contribution in [-0.2, 0) is 4.79 Å². The molecule has 23 heavy (non-hydrogen) atoms. The molecule has 2 N–H and O–H groups in total. The maximum Gasteiger partial charge on any atom is 0.300 e. The highest BCUT2D eigenvalue weighted by Crippen LogP contribution is 2.29. The number of rotatable bonds is 6. The molecule has 0 unspecified atom stereocenters. The second-order valence-electron chi connectivity index (χ2n) is 5.46. The van der Waals surface area contributed by atoms with Gasteiger partial charge in [0, 0.05) is 5.39 Å². The van der Waals surface area contributed by atoms with Crippen LogP contribution in [0.1, 0.15) is 23.2 Å². The molecule has 3 rings (SSSR count). The summed E-state index contributed by atoms with van der Waals surface area (Å²) in [6.45, 7) is 0.136. The number of pyridine rings is 1. The molecule has 1 saturated carbocycles. The van der Waals surface area contributed by atoms with E-state index >= 15 is 0 Å². The maximum absolute atomic E-state index is 12.6. The van der Waals surface area contributed by atoms with E-state index in [1.54, 1.807) is 24.3 Å². The summed E-state index contributed by atoms with van der Waals surface area (Å²) < 4.78 is 1.04. The van der Waals surface area contributed by atoms with Crippen molar-refractivity contribution in [2.45, 2.75) is 12.8 Å². The van der Waals surface area contributed by atoms with Crippen molar-refractivity contribution in [3.05, 3.63) is 40.2 Å². The van der Waals surface area contributed by atoms with Crippen LogP contribution in [0.2, 0.25) is 0 Å². The zero-order valence-electron chi connectivity index (χ0n) is 12.3. The van der Waals surface area contributed by atoms with Crippen LogP contribution in [0.4, 0.5) is 0 Å². The first-order chi connectivity index (χ1) is 11.1. The van der Waals surface area contributed by atoms with Gasteiger partial charge in [0.1, 0.15) is 24.2 Å². The Bertz CT molecular complexity index is 823. The Kier molecular flexibility index (Phi) is 4.01. The summed E-state index contributed by atoms with van der Waals surface area (Å²) in [4.78, 5) is 40.6. The topological polar surface area (TPSA) is 97.6 Å². The summed E-state index contributed by atoms with van der Waals surface area (Å²) in [5.74, 6) is -0.809. The molecule has 0 radical (unpaired) electrons. The van der Waals surface area contributed by atoms with Gasteiger partial charge in [0.05, 0.1) is 12.1 Å². The average molecular weight is 316 g/mol. The van der Waals surface area contributed by atoms with Crippen molar-refractivity contribution >= 4 is 23.1 Å². The first-order valence-corrected chi connectivity index (χ1v) is 7.35. The minimum atomic E-state index is -0.811. The fraction of sp³-hybridized carbons (Fsp3) is 0.312. The Morgan fingerprint density at radius 3 is 2.83 bits per heavy atom. The standard InChI is InChI=1S/C16H16N2O5/c19-8-7-17-15(21)13-14(20)11-3-1-2-4-12(11)18(16(13)22)23-9-10-5-6-10/h1-4,8,10,20H,5-7,9H2,(H,17,21). The van der Waals surface area contributed by atoms with E-state index in [2.05, 4.69) is 5.32 Å². The number of para-hydroxylation sites is 1. The SMILES string of the molecule is O=CCNC(=O)c1c(O)c2ccccc2n(OCC2CC2)c1=O. The smallest absolute Gasteiger partial charge is 0.300 e. The van der Waals surface area contributed by atoms with Crippen LogP contribution < -0.4 is 15.7 Å². The average Bonchev–Trinajstić information content (AvgIpc) is 3.37. The lowest BCUT2D eigenvalue weighted by molar-refractivity contribution is -0.107. The van der Waals surface area contributed by atoms with Crippen molar-refractivity contribution < 1.29 is 19.5 Å². The molecule has 1 fully saturated rings. The second kappa shape index (κ2) is 6.12. The number of aldehydes is 1. The van der Waals surface area contributed by atoms with Gasteiger partial charge in [-0.1, -0.05) is 12.1 Å². The summed E-state index contributed by atoms with van der Waals surface area (Å²) >= 11 is 0. The summed E-state index contributed by atoms with van der Waals surface area (Å²) in [7, 11) is 0. The van der Waals surface area contributed by atoms with Crippen LogP contribution in [0.5, 0.6) is 5.75 Å². The van der Waals surface area contributed by atoms with Crippen molar-refractivity contribution in [2.24, 2.45) is 5.92 Å². The van der Waals surface area contributed by atoms with Gasteiger partial charge in [-0.15, -0.1) is 4.73 Å². The maximum atomic E-state index is 12.6. The van der Waals surface area contributed by atoms with Crippen molar-refractivity contribution in [2.75, 3.05) is 13.2 Å². The zero-order chi connectivity index (χ0) is 16.4. The molecule has 1 aliphatic carbocycles. The Morgan fingerprint density at radius 1 is 1.39 bits per heavy atom. The summed E-state index contributed by atoms with van der Waals surface area (Å²) in [5.41, 5.74) is -0.783. The van der Waals surface area contributed by atoms with Gasteiger partial charge < -0.3 is 20.1 Å². The Balaban J connectivity index is 2.12. The number of hydrogen-bond acceptors (Lipinski definition) is 5. The van der Waals surface area contributed by atoms with E-state index in [-0.39, 0.29) is 6.54 Å². The van der Waals surface area contributed by atoms with E-state index in [0.29, 0.717) is 29.7 Å². The van der Waals surface area contributed by atoms with Crippen molar-refractivity contribution in [1.29, 1.82) is 0 Å². The molecule has 1 amide bonds. The van der Waals surface area contributed by atoms with E-state index in [0.717, 1.165) is 17.6 Å². The Hall–Kier alpha value is -2.83. The van der Waals surface area contributed by atoms with Crippen LogP contribution in [0.3, 0.4) is 0 Å². The number of aromatic nitrogens is 1. The van der Waals surface area contributed by atoms with Crippen LogP contribution in [0, 0.1) is 5.92 Å². The molecule has 7 heteroatoms. The number of carbonyl (C=O) groups is 2. The predicted molar refractivity (Wildman–Crippen MR) is 82.4 cm³/mol. The first-order valence-electron chi connectivity index (χ1n) is 7.35. The molecule has 2 aromatic rings. The lowest BCUT2D eigenvalue weighted by Crippen LogP contribution is -2.37. The monoisotopic (exact) mass is 316 g/mol. The first kappa shape index (κ1) is 15.1. The lowest BCUT2D eigenvalue weighted by Gasteiger charge is -2.15. The molecule has 7 nitrogen and oxygen atoms in total. The van der Waals surface area contributed by atoms with E-state index < -0.39 is 22.8 Å². The Labute approximate surface area is 131 Å². The number of fused-ring (bicyclic) bond motifs is 1. The number of carbonyl (C=O) groups excluding carboxylic acids is 2. The number of amides is 1. The molecule has 0 spiro atoms. The second-order valence-corrected chi connectivity index (χ2v) is 5.46. The third-order valence-corrected chi connectivity index (χ3v) is 3.72. The van der Waals surface area contributed by atoms with Crippen molar-refractivity contribution in [1.82, 2.24) is 10.0 Å². The number of nitrogens with zero attached hydrogens (tertiary/aromatic N) is 1. The number of hydrogen-bond donors (Lipinski definition) is 2. The summed E-state index contributed by atoms with van der Waals surface area (Å²) in [6.07, 6.45) is 2.60. The van der Waals surface area contributed by atoms with Crippen molar-refractivity contribution in [3.8, 4) is 5.75 Å². The predicted octanol–water partition coefficient (Wildman–Crippen LogP) is 0.474. The molecule has 120 valence electrons. The minimum Gasteiger partial charge on any atom is -0.506 e. The lowest BCUT2D eigenvalue weighted by atomic mass is 10.1. The quantitative estimate of drug-likeness (QED) is 0.755. The minimum absolute atomic E-state index is 0.243. The molecule has 1 aromatic carbocycles. The van der Waals surface area contributed by atoms with Gasteiger partial charge in [0.2, 0.25) is 0 Å². The van der Waals surface area contributed by atoms with Gasteiger partial charge in [-0.25, -0.2) is 0 Å². The molecule has 0 saturated heterocycles. The summed E-state index contributed by atoms with van der Waals surface area (Å²) in [5, 5.41) is 12.9. The molecule has 0 atom stereocenters. The normalized spacial score (nSPS) is 13.7. The highest BCUT2D eigenvalue weighted by atomic mass is 16.7. The Morgan fingerprint density at radius 2 is 2.13 bits per heavy atom. The van der Waals surface area contributed by atoms with E-state index in [9.17, 15) is 19.5 Å². The molecule has 1 aliphatic rings.